The summed E-state index contributed by atoms with van der Waals surface area (Å²) in [6.07, 6.45) is 36.6. The molecule has 0 N–H and O–H groups in total. The highest BCUT2D eigenvalue weighted by molar-refractivity contribution is 6.53. The molecule has 0 aromatic heterocycles. The molecular formula is C112H98O2. The summed E-state index contributed by atoms with van der Waals surface area (Å²) < 4.78 is 5.09. The van der Waals surface area contributed by atoms with Gasteiger partial charge >= 0.3 is 5.97 Å². The Morgan fingerprint density at radius 1 is 0.447 bits per heavy atom. The highest BCUT2D eigenvalue weighted by atomic mass is 16.5. The topological polar surface area (TPSA) is 26.3 Å². The molecule has 12 fully saturated rings. The Morgan fingerprint density at radius 2 is 1.03 bits per heavy atom. The van der Waals surface area contributed by atoms with Gasteiger partial charge in [-0.05, 0) is 457 Å². The largest absolute Gasteiger partial charge is 0.469 e. The third kappa shape index (κ3) is 5.43. The minimum Gasteiger partial charge on any atom is -0.469 e. The number of methoxy groups -OCH3 is 1. The Labute approximate surface area is 667 Å². The number of esters is 1. The summed E-state index contributed by atoms with van der Waals surface area (Å²) in [5.41, 5.74) is 45.7. The molecule has 39 rings (SSSR count). The number of unbranched alkanes of at least 4 members (excludes halogenated alkanes) is 1. The van der Waals surface area contributed by atoms with Gasteiger partial charge in [0.05, 0.1) is 7.11 Å². The van der Waals surface area contributed by atoms with E-state index in [1.165, 1.54) is 55.1 Å². The van der Waals surface area contributed by atoms with Crippen LogP contribution in [0.1, 0.15) is 236 Å². The Morgan fingerprint density at radius 3 is 1.78 bits per heavy atom. The van der Waals surface area contributed by atoms with E-state index in [1.54, 1.807) is 206 Å². The fraction of sp³-hybridized carbons (Fsp3) is 0.491. The van der Waals surface area contributed by atoms with Gasteiger partial charge < -0.3 is 4.74 Å². The zero-order chi connectivity index (χ0) is 72.8. The van der Waals surface area contributed by atoms with E-state index in [-0.39, 0.29) is 11.4 Å². The molecule has 0 heterocycles. The van der Waals surface area contributed by atoms with Crippen molar-refractivity contribution in [1.82, 2.24) is 0 Å². The smallest absolute Gasteiger partial charge is 0.305 e. The van der Waals surface area contributed by atoms with Gasteiger partial charge in [-0.3, -0.25) is 4.79 Å². The van der Waals surface area contributed by atoms with Crippen LogP contribution in [0.3, 0.4) is 0 Å². The van der Waals surface area contributed by atoms with Crippen molar-refractivity contribution in [2.24, 2.45) is 153 Å². The molecule has 28 unspecified atom stereocenters. The minimum atomic E-state index is -0.0770. The van der Waals surface area contributed by atoms with Gasteiger partial charge in [0.1, 0.15) is 0 Å². The summed E-state index contributed by atoms with van der Waals surface area (Å²) in [7, 11) is 1.53. The van der Waals surface area contributed by atoms with Crippen molar-refractivity contribution in [2.75, 3.05) is 7.11 Å². The van der Waals surface area contributed by atoms with E-state index in [0.717, 1.165) is 175 Å². The van der Waals surface area contributed by atoms with E-state index in [9.17, 15) is 4.79 Å². The van der Waals surface area contributed by atoms with Gasteiger partial charge in [-0.1, -0.05) is 163 Å². The Hall–Kier alpha value is -7.81. The van der Waals surface area contributed by atoms with Gasteiger partial charge in [0.15, 0.2) is 0 Å². The van der Waals surface area contributed by atoms with Crippen LogP contribution >= 0.6 is 0 Å². The van der Waals surface area contributed by atoms with Crippen molar-refractivity contribution in [3.05, 3.63) is 232 Å². The second-order valence-electron chi connectivity index (χ2n) is 45.1. The molecule has 0 aliphatic heterocycles. The normalized spacial score (nSPS) is 45.5. The third-order valence-electron chi connectivity index (χ3n) is 43.9. The number of rotatable bonds is 5. The lowest BCUT2D eigenvalue weighted by Crippen LogP contribution is -2.68. The lowest BCUT2D eigenvalue weighted by molar-refractivity contribution is -0.209. The number of fused-ring (bicyclic) bond motifs is 6. The van der Waals surface area contributed by atoms with E-state index in [2.05, 4.69) is 151 Å². The quantitative estimate of drug-likeness (QED) is 0.0743. The Balaban J connectivity index is 0.0000000879. The first-order valence-electron chi connectivity index (χ1n) is 47.4. The van der Waals surface area contributed by atoms with Crippen molar-refractivity contribution in [3.63, 3.8) is 0 Å². The predicted octanol–water partition coefficient (Wildman–Crippen LogP) is 25.1. The van der Waals surface area contributed by atoms with Crippen LogP contribution in [0.5, 0.6) is 0 Å². The monoisotopic (exact) mass is 1470 g/mol. The van der Waals surface area contributed by atoms with Gasteiger partial charge in [0.25, 0.3) is 0 Å². The summed E-state index contributed by atoms with van der Waals surface area (Å²) in [4.78, 5) is 12.3. The molecule has 10 aromatic carbocycles. The van der Waals surface area contributed by atoms with Crippen molar-refractivity contribution >= 4 is 92.9 Å². The number of carbonyl (C=O) groups is 1. The summed E-state index contributed by atoms with van der Waals surface area (Å²) in [5, 5.41) is 19.4. The highest BCUT2D eigenvalue weighted by Crippen LogP contribution is 3.00. The molecule has 114 heavy (non-hydrogen) atoms. The summed E-state index contributed by atoms with van der Waals surface area (Å²) in [6.45, 7) is 6.73. The number of ether oxygens (including phenoxy) is 1. The van der Waals surface area contributed by atoms with Crippen LogP contribution in [-0.4, -0.2) is 13.1 Å². The summed E-state index contributed by atoms with van der Waals surface area (Å²) in [6, 6.07) is 34.7. The van der Waals surface area contributed by atoms with Gasteiger partial charge in [-0.25, -0.2) is 0 Å². The molecule has 558 valence electrons. The van der Waals surface area contributed by atoms with Crippen molar-refractivity contribution in [2.45, 2.75) is 178 Å². The van der Waals surface area contributed by atoms with E-state index in [0.29, 0.717) is 35.0 Å². The number of allylic oxidation sites excluding steroid dienone is 14. The number of benzene rings is 9. The molecule has 32 atom stereocenters. The van der Waals surface area contributed by atoms with Gasteiger partial charge in [0.2, 0.25) is 0 Å². The first-order valence-corrected chi connectivity index (χ1v) is 47.4. The average molecular weight is 1480 g/mol. The zero-order valence-electron chi connectivity index (χ0n) is 66.5. The van der Waals surface area contributed by atoms with Gasteiger partial charge in [-0.2, -0.15) is 0 Å². The third-order valence-corrected chi connectivity index (χ3v) is 43.9. The van der Waals surface area contributed by atoms with Crippen LogP contribution in [-0.2, 0) is 27.8 Å². The van der Waals surface area contributed by atoms with Crippen LogP contribution in [0.2, 0.25) is 0 Å². The fourth-order valence-corrected chi connectivity index (χ4v) is 43.7. The van der Waals surface area contributed by atoms with Crippen LogP contribution in [0.25, 0.3) is 86.9 Å². The molecule has 0 amide bonds. The minimum absolute atomic E-state index is 0.0552. The maximum Gasteiger partial charge on any atom is 0.305 e. The van der Waals surface area contributed by atoms with Gasteiger partial charge in [-0.15, -0.1) is 0 Å². The second kappa shape index (κ2) is 18.2. The first kappa shape index (κ1) is 59.8. The van der Waals surface area contributed by atoms with E-state index < -0.39 is 0 Å². The molecule has 0 saturated heterocycles. The number of carbonyl (C=O) groups excluding carboxylic acids is 1. The molecule has 12 saturated carbocycles. The summed E-state index contributed by atoms with van der Waals surface area (Å²) >= 11 is 0. The fourth-order valence-electron chi connectivity index (χ4n) is 43.7. The molecule has 29 aliphatic rings. The van der Waals surface area contributed by atoms with E-state index in [4.69, 9.17) is 4.74 Å². The molecule has 29 aliphatic carbocycles. The van der Waals surface area contributed by atoms with E-state index >= 15 is 0 Å². The van der Waals surface area contributed by atoms with Crippen LogP contribution in [0.15, 0.2) is 149 Å². The molecule has 2 nitrogen and oxygen atoms in total. The van der Waals surface area contributed by atoms with Crippen LogP contribution in [0, 0.1) is 160 Å². The Bertz CT molecular complexity index is 6800. The van der Waals surface area contributed by atoms with Crippen molar-refractivity contribution < 1.29 is 9.53 Å². The molecule has 2 heteroatoms. The molecule has 0 radical (unpaired) electrons. The van der Waals surface area contributed by atoms with Gasteiger partial charge in [0, 0.05) is 29.6 Å². The van der Waals surface area contributed by atoms with E-state index in [1.807, 2.05) is 29.3 Å². The summed E-state index contributed by atoms with van der Waals surface area (Å²) in [5.74, 6) is 28.7. The first-order chi connectivity index (χ1) is 56.2. The highest BCUT2D eigenvalue weighted by Gasteiger charge is 2.94. The second-order valence-corrected chi connectivity index (χ2v) is 45.1. The lowest BCUT2D eigenvalue weighted by Gasteiger charge is -2.72. The Kier molecular flexibility index (Phi) is 9.57. The molecule has 2 spiro atoms. The van der Waals surface area contributed by atoms with Crippen LogP contribution in [0.4, 0.5) is 0 Å². The van der Waals surface area contributed by atoms with Crippen molar-refractivity contribution in [3.8, 4) is 0 Å². The predicted molar refractivity (Wildman–Crippen MR) is 454 cm³/mol. The molecule has 2 bridgehead atoms. The average Bonchev–Trinajstić information content (AvgIpc) is 1.41. The number of aryl methyl sites for hydroxylation is 1. The SMILES string of the molecule is COC(=O)CCCCC12c3c4c5c6c7c3c3c1c1c8c9cc%10cc%11c%12c%13c(c7c7c%12c%10c8c37)C6C(C=C5CC4=CC2C=C1C9)C=C%13C%11.C[C@@H]1C[C@H](C)c2ccccc21.Cc1ccccc1.c1ccc2c(c1)[C@H]1C[C@@H]2C23C4CCC5C6=C7C8=C(CC6)C6CCC9C%10CCC%11C%12CCC4=C4C%12C%12C%11C%10C%10C9C6C8C6C%10C%12C(C6C7C512)C43. The maximum atomic E-state index is 12.3. The zero-order valence-corrected chi connectivity index (χ0v) is 66.5. The number of hydrogen-bond acceptors (Lipinski definition) is 2. The van der Waals surface area contributed by atoms with Crippen LogP contribution < -0.4 is 0 Å². The standard InChI is InChI=1S/C49H50.C45H26O2.C11H14.C7H8/c1-2-4-17-16(3-1)28-15-29(17)49-27-14-13-26-24-11-9-22-20-7-5-18-19-6-8-21-23-10-12-25(27)37-35(23)40-33(21)31(19)38-30(18)32(20)39-34(22)36(24)46(48(26,28)49)44-42(39)41(38)43(40)45(44)47(37)49;1-47-24(46)4-2-3-5-45-23-13-21-11-17-9-19-7-15-6-16-8-20-10-18-12-22(14-23)32-28(18)36-30(20)34-26(16)25(15)33-29(19)35-27(17)31(21)43(45)41-39(35)37(33)38(34)40(36)42(41)44(32)45;1-8-7-9(2)11-6-4-3-5-10(8)11;1-7-5-3-2-4-6-7/h1-4,18-22,26-34,38-47H,5-15H2;7-10,13-14,19,23,29H,2-6,11-12H2,1H3;3-6,8-9H,7H2,1-2H3;2-6H,1H3/t18?,19?,20?,21?,22?,26?,27?,28-,29+,30?,31?,32?,33?,34?,38?,39?,40?,41?,42?,43?,44?,45?,46?,47?,48?,49?;;8-,9+;/m0.../s1. The molecular weight excluding hydrogens is 1380 g/mol. The molecule has 10 aromatic rings. The number of hydrogen-bond donors (Lipinski definition) is 0. The van der Waals surface area contributed by atoms with Crippen molar-refractivity contribution in [1.29, 1.82) is 0 Å². The lowest BCUT2D eigenvalue weighted by atomic mass is 9.30. The maximum absolute atomic E-state index is 12.3.